The van der Waals surface area contributed by atoms with Gasteiger partial charge in [0.2, 0.25) is 0 Å². The summed E-state index contributed by atoms with van der Waals surface area (Å²) in [6, 6.07) is 0.0645. The van der Waals surface area contributed by atoms with Gasteiger partial charge in [0.05, 0.1) is 12.3 Å². The van der Waals surface area contributed by atoms with Gasteiger partial charge in [-0.1, -0.05) is 0 Å². The van der Waals surface area contributed by atoms with Crippen LogP contribution in [-0.4, -0.2) is 47.5 Å². The Labute approximate surface area is 119 Å². The van der Waals surface area contributed by atoms with Crippen molar-refractivity contribution in [3.63, 3.8) is 0 Å². The predicted octanol–water partition coefficient (Wildman–Crippen LogP) is 0.0725. The fourth-order valence-corrected chi connectivity index (χ4v) is 2.54. The first-order valence-electron chi connectivity index (χ1n) is 7.10. The van der Waals surface area contributed by atoms with E-state index in [4.69, 9.17) is 4.74 Å². The summed E-state index contributed by atoms with van der Waals surface area (Å²) in [6.07, 6.45) is 0.416. The summed E-state index contributed by atoms with van der Waals surface area (Å²) in [6.45, 7) is 8.06. The van der Waals surface area contributed by atoms with Crippen molar-refractivity contribution < 1.29 is 9.53 Å². The molecule has 20 heavy (non-hydrogen) atoms. The standard InChI is InChI=1S/C14H24N4O2/c1-9(7-12-10(2)17-18(4)11(12)3)16-14(19)13-8-15-5-6-20-13/h9,13,15H,5-8H2,1-4H3,(H,16,19). The molecular weight excluding hydrogens is 256 g/mol. The fraction of sp³-hybridized carbons (Fsp3) is 0.714. The molecule has 0 saturated carbocycles. The van der Waals surface area contributed by atoms with E-state index >= 15 is 0 Å². The molecule has 1 aromatic rings. The number of carbonyl (C=O) groups excluding carboxylic acids is 1. The number of carbonyl (C=O) groups is 1. The van der Waals surface area contributed by atoms with Crippen LogP contribution in [0.3, 0.4) is 0 Å². The zero-order valence-electron chi connectivity index (χ0n) is 12.7. The SMILES string of the molecule is Cc1nn(C)c(C)c1CC(C)NC(=O)C1CNCCO1. The Kier molecular flexibility index (Phi) is 4.77. The van der Waals surface area contributed by atoms with Gasteiger partial charge in [-0.2, -0.15) is 5.10 Å². The van der Waals surface area contributed by atoms with E-state index in [1.807, 2.05) is 25.6 Å². The van der Waals surface area contributed by atoms with E-state index in [1.165, 1.54) is 5.56 Å². The normalized spacial score (nSPS) is 20.7. The van der Waals surface area contributed by atoms with Gasteiger partial charge in [-0.3, -0.25) is 9.48 Å². The third kappa shape index (κ3) is 3.37. The first-order chi connectivity index (χ1) is 9.49. The van der Waals surface area contributed by atoms with E-state index in [-0.39, 0.29) is 18.1 Å². The van der Waals surface area contributed by atoms with E-state index in [2.05, 4.69) is 22.7 Å². The van der Waals surface area contributed by atoms with E-state index in [0.717, 1.165) is 24.4 Å². The first kappa shape index (κ1) is 15.0. The number of ether oxygens (including phenoxy) is 1. The molecule has 1 aliphatic rings. The van der Waals surface area contributed by atoms with Crippen molar-refractivity contribution in [3.8, 4) is 0 Å². The summed E-state index contributed by atoms with van der Waals surface area (Å²) in [4.78, 5) is 12.1. The van der Waals surface area contributed by atoms with Crippen molar-refractivity contribution >= 4 is 5.91 Å². The predicted molar refractivity (Wildman–Crippen MR) is 76.6 cm³/mol. The molecule has 2 unspecified atom stereocenters. The Morgan fingerprint density at radius 2 is 2.35 bits per heavy atom. The topological polar surface area (TPSA) is 68.2 Å². The summed E-state index contributed by atoms with van der Waals surface area (Å²) in [7, 11) is 1.94. The van der Waals surface area contributed by atoms with Crippen LogP contribution in [0.2, 0.25) is 0 Å². The molecule has 6 nitrogen and oxygen atoms in total. The Morgan fingerprint density at radius 1 is 1.60 bits per heavy atom. The van der Waals surface area contributed by atoms with Crippen LogP contribution in [-0.2, 0) is 23.0 Å². The molecule has 0 radical (unpaired) electrons. The van der Waals surface area contributed by atoms with Gasteiger partial charge in [0.25, 0.3) is 5.91 Å². The average molecular weight is 280 g/mol. The smallest absolute Gasteiger partial charge is 0.250 e. The third-order valence-electron chi connectivity index (χ3n) is 3.78. The van der Waals surface area contributed by atoms with Crippen molar-refractivity contribution in [2.45, 2.75) is 39.3 Å². The van der Waals surface area contributed by atoms with Gasteiger partial charge >= 0.3 is 0 Å². The fourth-order valence-electron chi connectivity index (χ4n) is 2.54. The summed E-state index contributed by atoms with van der Waals surface area (Å²) >= 11 is 0. The maximum atomic E-state index is 12.1. The highest BCUT2D eigenvalue weighted by Gasteiger charge is 2.23. The van der Waals surface area contributed by atoms with Gasteiger partial charge < -0.3 is 15.4 Å². The highest BCUT2D eigenvalue weighted by Crippen LogP contribution is 2.14. The Bertz CT molecular complexity index is 478. The Balaban J connectivity index is 1.91. The molecule has 0 aliphatic carbocycles. The van der Waals surface area contributed by atoms with E-state index in [9.17, 15) is 4.79 Å². The number of rotatable bonds is 4. The molecule has 2 rings (SSSR count). The van der Waals surface area contributed by atoms with Crippen molar-refractivity contribution in [2.75, 3.05) is 19.7 Å². The van der Waals surface area contributed by atoms with Gasteiger partial charge in [0.15, 0.2) is 0 Å². The lowest BCUT2D eigenvalue weighted by molar-refractivity contribution is -0.134. The number of aromatic nitrogens is 2. The Hall–Kier alpha value is -1.40. The average Bonchev–Trinajstić information content (AvgIpc) is 2.66. The molecule has 1 fully saturated rings. The van der Waals surface area contributed by atoms with Crippen molar-refractivity contribution in [1.82, 2.24) is 20.4 Å². The zero-order valence-corrected chi connectivity index (χ0v) is 12.7. The lowest BCUT2D eigenvalue weighted by Gasteiger charge is -2.24. The summed E-state index contributed by atoms with van der Waals surface area (Å²) in [5.74, 6) is -0.0381. The van der Waals surface area contributed by atoms with Crippen LogP contribution in [0.4, 0.5) is 0 Å². The number of hydrogen-bond donors (Lipinski definition) is 2. The number of aryl methyl sites for hydroxylation is 2. The highest BCUT2D eigenvalue weighted by atomic mass is 16.5. The van der Waals surface area contributed by atoms with Crippen molar-refractivity contribution in [1.29, 1.82) is 0 Å². The first-order valence-corrected chi connectivity index (χ1v) is 7.10. The molecule has 112 valence electrons. The van der Waals surface area contributed by atoms with Crippen LogP contribution in [0.5, 0.6) is 0 Å². The molecule has 1 aliphatic heterocycles. The largest absolute Gasteiger partial charge is 0.366 e. The summed E-state index contributed by atoms with van der Waals surface area (Å²) in [5, 5.41) is 10.6. The van der Waals surface area contributed by atoms with E-state index in [0.29, 0.717) is 13.2 Å². The van der Waals surface area contributed by atoms with E-state index in [1.54, 1.807) is 0 Å². The molecule has 0 bridgehead atoms. The molecule has 1 saturated heterocycles. The Morgan fingerprint density at radius 3 is 2.90 bits per heavy atom. The van der Waals surface area contributed by atoms with Crippen molar-refractivity contribution in [3.05, 3.63) is 17.0 Å². The van der Waals surface area contributed by atoms with Crippen molar-refractivity contribution in [2.24, 2.45) is 7.05 Å². The lowest BCUT2D eigenvalue weighted by atomic mass is 10.1. The second kappa shape index (κ2) is 6.37. The van der Waals surface area contributed by atoms with Crippen LogP contribution in [0.25, 0.3) is 0 Å². The van der Waals surface area contributed by atoms with Crippen LogP contribution in [0.15, 0.2) is 0 Å². The van der Waals surface area contributed by atoms with Crippen LogP contribution < -0.4 is 10.6 Å². The molecule has 2 atom stereocenters. The molecule has 6 heteroatoms. The summed E-state index contributed by atoms with van der Waals surface area (Å²) < 4.78 is 7.33. The highest BCUT2D eigenvalue weighted by molar-refractivity contribution is 5.81. The maximum Gasteiger partial charge on any atom is 0.250 e. The van der Waals surface area contributed by atoms with Crippen LogP contribution in [0.1, 0.15) is 23.9 Å². The quantitative estimate of drug-likeness (QED) is 0.819. The number of morpholine rings is 1. The molecule has 0 spiro atoms. The second-order valence-electron chi connectivity index (χ2n) is 5.45. The summed E-state index contributed by atoms with van der Waals surface area (Å²) in [5.41, 5.74) is 3.39. The van der Waals surface area contributed by atoms with Gasteiger partial charge in [0.1, 0.15) is 6.10 Å². The molecule has 2 N–H and O–H groups in total. The molecule has 2 heterocycles. The number of nitrogens with one attached hydrogen (secondary N) is 2. The number of nitrogens with zero attached hydrogens (tertiary/aromatic N) is 2. The van der Waals surface area contributed by atoms with Crippen LogP contribution >= 0.6 is 0 Å². The van der Waals surface area contributed by atoms with Gasteiger partial charge in [-0.05, 0) is 32.8 Å². The minimum Gasteiger partial charge on any atom is -0.366 e. The molecule has 1 amide bonds. The maximum absolute atomic E-state index is 12.1. The molecule has 1 aromatic heterocycles. The van der Waals surface area contributed by atoms with E-state index < -0.39 is 0 Å². The number of hydrogen-bond acceptors (Lipinski definition) is 4. The minimum absolute atomic E-state index is 0.0381. The molecule has 0 aromatic carbocycles. The monoisotopic (exact) mass is 280 g/mol. The molecular formula is C14H24N4O2. The van der Waals surface area contributed by atoms with Gasteiger partial charge in [-0.15, -0.1) is 0 Å². The second-order valence-corrected chi connectivity index (χ2v) is 5.45. The van der Waals surface area contributed by atoms with Gasteiger partial charge in [-0.25, -0.2) is 0 Å². The number of amides is 1. The third-order valence-corrected chi connectivity index (χ3v) is 3.78. The van der Waals surface area contributed by atoms with Crippen LogP contribution in [0, 0.1) is 13.8 Å². The lowest BCUT2D eigenvalue weighted by Crippen LogP contribution is -2.50. The minimum atomic E-state index is -0.373. The van der Waals surface area contributed by atoms with Gasteiger partial charge in [0, 0.05) is 31.9 Å². The zero-order chi connectivity index (χ0) is 14.7.